The maximum absolute atomic E-state index is 4.65. The normalized spacial score (nSPS) is 19.3. The Kier molecular flexibility index (Phi) is 4.39. The average Bonchev–Trinajstić information content (AvgIpc) is 2.87. The summed E-state index contributed by atoms with van der Waals surface area (Å²) in [6, 6.07) is 2.06. The van der Waals surface area contributed by atoms with Crippen LogP contribution in [0.1, 0.15) is 38.9 Å². The van der Waals surface area contributed by atoms with Crippen LogP contribution in [0.3, 0.4) is 0 Å². The lowest BCUT2D eigenvalue weighted by atomic mass is 10.0. The molecule has 2 heterocycles. The average molecular weight is 248 g/mol. The SMILES string of the molecule is CCCC1CCN(c2cc(NC)nc(CC)n2)C1. The van der Waals surface area contributed by atoms with Gasteiger partial charge in [-0.2, -0.15) is 0 Å². The largest absolute Gasteiger partial charge is 0.373 e. The minimum Gasteiger partial charge on any atom is -0.373 e. The molecule has 0 bridgehead atoms. The van der Waals surface area contributed by atoms with Gasteiger partial charge in [0.15, 0.2) is 0 Å². The highest BCUT2D eigenvalue weighted by atomic mass is 15.2. The molecule has 1 aliphatic heterocycles. The van der Waals surface area contributed by atoms with Gasteiger partial charge in [0.1, 0.15) is 17.5 Å². The summed E-state index contributed by atoms with van der Waals surface area (Å²) in [5.74, 6) is 3.78. The molecule has 0 aliphatic carbocycles. The van der Waals surface area contributed by atoms with Crippen LogP contribution in [0.5, 0.6) is 0 Å². The van der Waals surface area contributed by atoms with Gasteiger partial charge in [-0.1, -0.05) is 20.3 Å². The van der Waals surface area contributed by atoms with Crippen molar-refractivity contribution < 1.29 is 0 Å². The van der Waals surface area contributed by atoms with Crippen molar-refractivity contribution in [3.63, 3.8) is 0 Å². The minimum atomic E-state index is 0.841. The summed E-state index contributed by atoms with van der Waals surface area (Å²) in [6.45, 7) is 6.65. The lowest BCUT2D eigenvalue weighted by Gasteiger charge is -2.19. The van der Waals surface area contributed by atoms with E-state index in [1.54, 1.807) is 0 Å². The van der Waals surface area contributed by atoms with E-state index in [1.165, 1.54) is 19.3 Å². The van der Waals surface area contributed by atoms with Crippen LogP contribution in [0.15, 0.2) is 6.07 Å². The van der Waals surface area contributed by atoms with Gasteiger partial charge < -0.3 is 10.2 Å². The van der Waals surface area contributed by atoms with Crippen LogP contribution >= 0.6 is 0 Å². The highest BCUT2D eigenvalue weighted by Gasteiger charge is 2.23. The molecule has 0 aromatic carbocycles. The molecule has 1 atom stereocenters. The summed E-state index contributed by atoms with van der Waals surface area (Å²) in [6.07, 6.45) is 4.80. The van der Waals surface area contributed by atoms with Crippen LogP contribution in [0, 0.1) is 5.92 Å². The molecule has 0 saturated carbocycles. The van der Waals surface area contributed by atoms with E-state index in [9.17, 15) is 0 Å². The van der Waals surface area contributed by atoms with Gasteiger partial charge >= 0.3 is 0 Å². The number of hydrogen-bond donors (Lipinski definition) is 1. The predicted molar refractivity (Wildman–Crippen MR) is 76.2 cm³/mol. The molecule has 0 spiro atoms. The Bertz CT molecular complexity index is 369. The maximum Gasteiger partial charge on any atom is 0.134 e. The van der Waals surface area contributed by atoms with Gasteiger partial charge in [-0.15, -0.1) is 0 Å². The molecule has 0 radical (unpaired) electrons. The van der Waals surface area contributed by atoms with Crippen molar-refractivity contribution in [1.82, 2.24) is 9.97 Å². The fourth-order valence-corrected chi connectivity index (χ4v) is 2.62. The molecule has 18 heavy (non-hydrogen) atoms. The Labute approximate surface area is 110 Å². The summed E-state index contributed by atoms with van der Waals surface area (Å²) in [7, 11) is 1.91. The first-order valence-electron chi connectivity index (χ1n) is 7.07. The van der Waals surface area contributed by atoms with E-state index in [4.69, 9.17) is 0 Å². The monoisotopic (exact) mass is 248 g/mol. The van der Waals surface area contributed by atoms with Crippen molar-refractivity contribution in [3.05, 3.63) is 11.9 Å². The molecule has 1 unspecified atom stereocenters. The van der Waals surface area contributed by atoms with E-state index in [0.29, 0.717) is 0 Å². The molecule has 1 aromatic heterocycles. The number of aromatic nitrogens is 2. The topological polar surface area (TPSA) is 41.0 Å². The van der Waals surface area contributed by atoms with Crippen LogP contribution in [0.25, 0.3) is 0 Å². The van der Waals surface area contributed by atoms with Gasteiger partial charge in [0.25, 0.3) is 0 Å². The van der Waals surface area contributed by atoms with Crippen LogP contribution in [0.2, 0.25) is 0 Å². The smallest absolute Gasteiger partial charge is 0.134 e. The number of nitrogens with one attached hydrogen (secondary N) is 1. The first kappa shape index (κ1) is 13.1. The summed E-state index contributed by atoms with van der Waals surface area (Å²) < 4.78 is 0. The van der Waals surface area contributed by atoms with Crippen LogP contribution in [0.4, 0.5) is 11.6 Å². The Hall–Kier alpha value is -1.32. The lowest BCUT2D eigenvalue weighted by molar-refractivity contribution is 0.529. The van der Waals surface area contributed by atoms with Gasteiger partial charge in [-0.25, -0.2) is 9.97 Å². The molecule has 1 saturated heterocycles. The first-order valence-corrected chi connectivity index (χ1v) is 7.07. The highest BCUT2D eigenvalue weighted by molar-refractivity contribution is 5.49. The summed E-state index contributed by atoms with van der Waals surface area (Å²) in [5, 5.41) is 3.12. The van der Waals surface area contributed by atoms with Gasteiger partial charge in [0.05, 0.1) is 0 Å². The van der Waals surface area contributed by atoms with Crippen molar-refractivity contribution in [2.75, 3.05) is 30.4 Å². The zero-order valence-electron chi connectivity index (χ0n) is 11.7. The van der Waals surface area contributed by atoms with Gasteiger partial charge in [0.2, 0.25) is 0 Å². The fraction of sp³-hybridized carbons (Fsp3) is 0.714. The molecular weight excluding hydrogens is 224 g/mol. The number of aryl methyl sites for hydroxylation is 1. The number of anilines is 2. The van der Waals surface area contributed by atoms with Crippen LogP contribution in [-0.2, 0) is 6.42 Å². The van der Waals surface area contributed by atoms with Gasteiger partial charge in [0, 0.05) is 32.6 Å². The van der Waals surface area contributed by atoms with Crippen molar-refractivity contribution in [1.29, 1.82) is 0 Å². The second-order valence-corrected chi connectivity index (χ2v) is 5.02. The van der Waals surface area contributed by atoms with Crippen molar-refractivity contribution in [2.45, 2.75) is 39.5 Å². The number of nitrogens with zero attached hydrogens (tertiary/aromatic N) is 3. The van der Waals surface area contributed by atoms with E-state index in [2.05, 4.69) is 40.1 Å². The fourth-order valence-electron chi connectivity index (χ4n) is 2.62. The third-order valence-corrected chi connectivity index (χ3v) is 3.64. The molecule has 1 N–H and O–H groups in total. The summed E-state index contributed by atoms with van der Waals surface area (Å²) in [4.78, 5) is 11.5. The second-order valence-electron chi connectivity index (χ2n) is 5.02. The summed E-state index contributed by atoms with van der Waals surface area (Å²) in [5.41, 5.74) is 0. The van der Waals surface area contributed by atoms with E-state index < -0.39 is 0 Å². The second kappa shape index (κ2) is 6.03. The molecule has 1 aromatic rings. The van der Waals surface area contributed by atoms with Gasteiger partial charge in [-0.3, -0.25) is 0 Å². The standard InChI is InChI=1S/C14H24N4/c1-4-6-11-7-8-18(10-11)14-9-13(15-3)16-12(5-2)17-14/h9,11H,4-8,10H2,1-3H3,(H,15,16,17). The molecule has 4 nitrogen and oxygen atoms in total. The molecule has 1 fully saturated rings. The lowest BCUT2D eigenvalue weighted by Crippen LogP contribution is -2.21. The number of rotatable bonds is 5. The van der Waals surface area contributed by atoms with E-state index in [0.717, 1.165) is 42.9 Å². The Balaban J connectivity index is 2.13. The third kappa shape index (κ3) is 2.92. The Morgan fingerprint density at radius 1 is 1.39 bits per heavy atom. The van der Waals surface area contributed by atoms with E-state index >= 15 is 0 Å². The van der Waals surface area contributed by atoms with E-state index in [-0.39, 0.29) is 0 Å². The molecule has 4 heteroatoms. The van der Waals surface area contributed by atoms with Crippen molar-refractivity contribution in [2.24, 2.45) is 5.92 Å². The molecule has 1 aliphatic rings. The molecule has 100 valence electrons. The first-order chi connectivity index (χ1) is 8.76. The zero-order chi connectivity index (χ0) is 13.0. The van der Waals surface area contributed by atoms with Gasteiger partial charge in [-0.05, 0) is 18.8 Å². The Morgan fingerprint density at radius 3 is 2.89 bits per heavy atom. The summed E-state index contributed by atoms with van der Waals surface area (Å²) >= 11 is 0. The molecule has 2 rings (SSSR count). The minimum absolute atomic E-state index is 0.841. The van der Waals surface area contributed by atoms with E-state index in [1.807, 2.05) is 7.05 Å². The third-order valence-electron chi connectivity index (χ3n) is 3.64. The highest BCUT2D eigenvalue weighted by Crippen LogP contribution is 2.26. The van der Waals surface area contributed by atoms with Crippen LogP contribution in [-0.4, -0.2) is 30.1 Å². The zero-order valence-corrected chi connectivity index (χ0v) is 11.7. The van der Waals surface area contributed by atoms with Crippen molar-refractivity contribution in [3.8, 4) is 0 Å². The maximum atomic E-state index is 4.65. The Morgan fingerprint density at radius 2 is 2.22 bits per heavy atom. The number of hydrogen-bond acceptors (Lipinski definition) is 4. The predicted octanol–water partition coefficient (Wildman–Crippen LogP) is 2.71. The quantitative estimate of drug-likeness (QED) is 0.870. The van der Waals surface area contributed by atoms with Crippen LogP contribution < -0.4 is 10.2 Å². The molecular formula is C14H24N4. The van der Waals surface area contributed by atoms with Crippen molar-refractivity contribution >= 4 is 11.6 Å². The molecule has 0 amide bonds.